The smallest absolute Gasteiger partial charge is 0.137 e. The minimum atomic E-state index is 0.866. The largest absolute Gasteiger partial charge is 0.456 e. The van der Waals surface area contributed by atoms with E-state index in [9.17, 15) is 0 Å². The van der Waals surface area contributed by atoms with Crippen molar-refractivity contribution < 1.29 is 4.42 Å². The van der Waals surface area contributed by atoms with Crippen molar-refractivity contribution in [3.63, 3.8) is 0 Å². The first kappa shape index (κ1) is 33.6. The van der Waals surface area contributed by atoms with Crippen LogP contribution in [0.5, 0.6) is 0 Å². The summed E-state index contributed by atoms with van der Waals surface area (Å²) in [6.07, 6.45) is 0. The molecule has 0 spiro atoms. The van der Waals surface area contributed by atoms with Gasteiger partial charge in [0.25, 0.3) is 0 Å². The molecule has 58 heavy (non-hydrogen) atoms. The minimum Gasteiger partial charge on any atom is -0.456 e. The number of benzene rings is 10. The summed E-state index contributed by atoms with van der Waals surface area (Å²) in [4.78, 5) is 2.37. The summed E-state index contributed by atoms with van der Waals surface area (Å²) in [7, 11) is 0. The summed E-state index contributed by atoms with van der Waals surface area (Å²) in [5.41, 5.74) is 14.6. The third-order valence-corrected chi connectivity index (χ3v) is 11.5. The van der Waals surface area contributed by atoms with Crippen LogP contribution in [-0.2, 0) is 0 Å². The fraction of sp³-hybridized carbons (Fsp3) is 0. The Kier molecular flexibility index (Phi) is 8.19. The summed E-state index contributed by atoms with van der Waals surface area (Å²) in [6, 6.07) is 80.7. The summed E-state index contributed by atoms with van der Waals surface area (Å²) in [5, 5.41) is 7.13. The average Bonchev–Trinajstić information content (AvgIpc) is 3.69. The molecule has 2 nitrogen and oxygen atoms in total. The van der Waals surface area contributed by atoms with Gasteiger partial charge in [-0.2, -0.15) is 0 Å². The lowest BCUT2D eigenvalue weighted by atomic mass is 9.91. The van der Waals surface area contributed by atoms with E-state index in [1.54, 1.807) is 0 Å². The van der Waals surface area contributed by atoms with Gasteiger partial charge in [-0.25, -0.2) is 0 Å². The molecule has 1 heterocycles. The van der Waals surface area contributed by atoms with E-state index in [1.807, 2.05) is 6.07 Å². The average molecular weight is 740 g/mol. The Morgan fingerprint density at radius 3 is 1.34 bits per heavy atom. The first-order chi connectivity index (χ1) is 28.8. The molecule has 0 saturated heterocycles. The molecule has 11 rings (SSSR count). The molecule has 0 atom stereocenters. The topological polar surface area (TPSA) is 16.4 Å². The van der Waals surface area contributed by atoms with Crippen LogP contribution in [0.2, 0.25) is 0 Å². The Labute approximate surface area is 337 Å². The van der Waals surface area contributed by atoms with Crippen molar-refractivity contribution in [2.75, 3.05) is 4.90 Å². The SMILES string of the molecule is c1ccc(-c2cc3ccccc3cc2-c2ccc(N(c3ccc(-c4cccc5cccc(-c6ccccc6)c45)cc3)c3cccc4oc5ccccc5c34)cc2)cc1. The van der Waals surface area contributed by atoms with Gasteiger partial charge in [-0.15, -0.1) is 0 Å². The molecule has 2 heteroatoms. The Balaban J connectivity index is 1.07. The van der Waals surface area contributed by atoms with E-state index in [2.05, 4.69) is 223 Å². The summed E-state index contributed by atoms with van der Waals surface area (Å²) in [5.74, 6) is 0. The summed E-state index contributed by atoms with van der Waals surface area (Å²) >= 11 is 0. The highest BCUT2D eigenvalue weighted by molar-refractivity contribution is 6.13. The zero-order chi connectivity index (χ0) is 38.4. The molecule has 1 aromatic heterocycles. The molecule has 0 amide bonds. The lowest BCUT2D eigenvalue weighted by Crippen LogP contribution is -2.10. The molecule has 0 unspecified atom stereocenters. The predicted molar refractivity (Wildman–Crippen MR) is 245 cm³/mol. The lowest BCUT2D eigenvalue weighted by molar-refractivity contribution is 0.669. The van der Waals surface area contributed by atoms with Crippen LogP contribution in [0.15, 0.2) is 229 Å². The fourth-order valence-corrected chi connectivity index (χ4v) is 8.73. The molecular weight excluding hydrogens is 703 g/mol. The molecule has 0 fully saturated rings. The molecular formula is C56H37NO. The maximum atomic E-state index is 6.42. The van der Waals surface area contributed by atoms with Crippen molar-refractivity contribution in [3.05, 3.63) is 224 Å². The molecule has 0 radical (unpaired) electrons. The number of hydrogen-bond donors (Lipinski definition) is 0. The van der Waals surface area contributed by atoms with Crippen molar-refractivity contribution in [3.8, 4) is 44.5 Å². The van der Waals surface area contributed by atoms with Crippen LogP contribution in [0, 0.1) is 0 Å². The van der Waals surface area contributed by atoms with Gasteiger partial charge in [0.1, 0.15) is 11.2 Å². The van der Waals surface area contributed by atoms with Gasteiger partial charge >= 0.3 is 0 Å². The number of rotatable bonds is 7. The van der Waals surface area contributed by atoms with Gasteiger partial charge in [-0.3, -0.25) is 0 Å². The quantitative estimate of drug-likeness (QED) is 0.162. The van der Waals surface area contributed by atoms with Crippen LogP contribution >= 0.6 is 0 Å². The number of anilines is 3. The number of hydrogen-bond acceptors (Lipinski definition) is 2. The van der Waals surface area contributed by atoms with E-state index in [0.29, 0.717) is 0 Å². The van der Waals surface area contributed by atoms with E-state index >= 15 is 0 Å². The Bertz CT molecular complexity index is 3250. The Hall–Kier alpha value is -7.68. The van der Waals surface area contributed by atoms with Crippen LogP contribution in [0.4, 0.5) is 17.1 Å². The van der Waals surface area contributed by atoms with Gasteiger partial charge < -0.3 is 9.32 Å². The number of furan rings is 1. The van der Waals surface area contributed by atoms with Gasteiger partial charge in [0.05, 0.1) is 11.1 Å². The highest BCUT2D eigenvalue weighted by Crippen LogP contribution is 2.45. The standard InChI is InChI=1S/C56H37NO/c1-3-14-38(15-4-1)47-23-11-20-42-21-12-24-48(55(42)47)40-28-32-45(33-29-40)57(52-25-13-27-54-56(52)49-22-9-10-26-53(49)58-54)46-34-30-41(31-35-46)51-37-44-19-8-7-18-43(44)36-50(51)39-16-5-2-6-17-39/h1-37H. The summed E-state index contributed by atoms with van der Waals surface area (Å²) < 4.78 is 6.42. The lowest BCUT2D eigenvalue weighted by Gasteiger charge is -2.27. The predicted octanol–water partition coefficient (Wildman–Crippen LogP) is 16.0. The van der Waals surface area contributed by atoms with Gasteiger partial charge in [-0.05, 0) is 121 Å². The molecule has 272 valence electrons. The second kappa shape index (κ2) is 14.1. The molecule has 10 aromatic carbocycles. The van der Waals surface area contributed by atoms with Crippen LogP contribution < -0.4 is 4.90 Å². The van der Waals surface area contributed by atoms with Crippen LogP contribution in [-0.4, -0.2) is 0 Å². The molecule has 0 bridgehead atoms. The van der Waals surface area contributed by atoms with Gasteiger partial charge in [-0.1, -0.05) is 170 Å². The minimum absolute atomic E-state index is 0.866. The van der Waals surface area contributed by atoms with Crippen molar-refractivity contribution in [1.29, 1.82) is 0 Å². The van der Waals surface area contributed by atoms with Gasteiger partial charge in [0.15, 0.2) is 0 Å². The van der Waals surface area contributed by atoms with E-state index in [1.165, 1.54) is 66.1 Å². The Morgan fingerprint density at radius 2 is 0.741 bits per heavy atom. The van der Waals surface area contributed by atoms with Crippen molar-refractivity contribution >= 4 is 60.5 Å². The number of nitrogens with zero attached hydrogens (tertiary/aromatic N) is 1. The van der Waals surface area contributed by atoms with E-state index in [0.717, 1.165) is 39.0 Å². The maximum Gasteiger partial charge on any atom is 0.137 e. The van der Waals surface area contributed by atoms with E-state index in [-0.39, 0.29) is 0 Å². The van der Waals surface area contributed by atoms with Crippen molar-refractivity contribution in [2.45, 2.75) is 0 Å². The van der Waals surface area contributed by atoms with E-state index in [4.69, 9.17) is 4.42 Å². The van der Waals surface area contributed by atoms with E-state index < -0.39 is 0 Å². The number of fused-ring (bicyclic) bond motifs is 5. The van der Waals surface area contributed by atoms with Crippen LogP contribution in [0.3, 0.4) is 0 Å². The third kappa shape index (κ3) is 5.82. The van der Waals surface area contributed by atoms with Crippen LogP contribution in [0.1, 0.15) is 0 Å². The highest BCUT2D eigenvalue weighted by atomic mass is 16.3. The zero-order valence-corrected chi connectivity index (χ0v) is 31.7. The molecule has 0 aliphatic carbocycles. The highest BCUT2D eigenvalue weighted by Gasteiger charge is 2.20. The van der Waals surface area contributed by atoms with Gasteiger partial charge in [0.2, 0.25) is 0 Å². The zero-order valence-electron chi connectivity index (χ0n) is 31.7. The molecule has 11 aromatic rings. The monoisotopic (exact) mass is 739 g/mol. The molecule has 0 aliphatic heterocycles. The molecule has 0 saturated carbocycles. The molecule has 0 aliphatic rings. The fourth-order valence-electron chi connectivity index (χ4n) is 8.73. The second-order valence-corrected chi connectivity index (χ2v) is 14.9. The van der Waals surface area contributed by atoms with Crippen LogP contribution in [0.25, 0.3) is 88.0 Å². The maximum absolute atomic E-state index is 6.42. The number of para-hydroxylation sites is 1. The van der Waals surface area contributed by atoms with Crippen molar-refractivity contribution in [2.24, 2.45) is 0 Å². The summed E-state index contributed by atoms with van der Waals surface area (Å²) in [6.45, 7) is 0. The normalized spacial score (nSPS) is 11.4. The van der Waals surface area contributed by atoms with Crippen molar-refractivity contribution in [1.82, 2.24) is 0 Å². The second-order valence-electron chi connectivity index (χ2n) is 14.9. The molecule has 0 N–H and O–H groups in total. The van der Waals surface area contributed by atoms with Gasteiger partial charge in [0, 0.05) is 16.8 Å². The third-order valence-electron chi connectivity index (χ3n) is 11.5. The Morgan fingerprint density at radius 1 is 0.293 bits per heavy atom. The first-order valence-corrected chi connectivity index (χ1v) is 19.8. The first-order valence-electron chi connectivity index (χ1n) is 19.8.